The quantitative estimate of drug-likeness (QED) is 0.842. The Labute approximate surface area is 108 Å². The summed E-state index contributed by atoms with van der Waals surface area (Å²) in [5.41, 5.74) is 5.93. The summed E-state index contributed by atoms with van der Waals surface area (Å²) in [6.07, 6.45) is 3.86. The third kappa shape index (κ3) is 3.13. The van der Waals surface area contributed by atoms with Crippen molar-refractivity contribution in [3.05, 3.63) is 23.7 Å². The molecule has 1 aliphatic rings. The molecule has 1 aromatic heterocycles. The van der Waals surface area contributed by atoms with Crippen LogP contribution in [0.15, 0.2) is 16.5 Å². The maximum atomic E-state index is 12.3. The molecule has 0 spiro atoms. The van der Waals surface area contributed by atoms with Gasteiger partial charge in [0.05, 0.1) is 12.6 Å². The zero-order valence-corrected chi connectivity index (χ0v) is 11.2. The molecule has 0 saturated heterocycles. The van der Waals surface area contributed by atoms with Crippen molar-refractivity contribution in [3.63, 3.8) is 0 Å². The maximum absolute atomic E-state index is 12.3. The van der Waals surface area contributed by atoms with E-state index >= 15 is 0 Å². The van der Waals surface area contributed by atoms with E-state index in [4.69, 9.17) is 10.2 Å². The van der Waals surface area contributed by atoms with Gasteiger partial charge >= 0.3 is 0 Å². The molecule has 1 aliphatic carbocycles. The van der Waals surface area contributed by atoms with Gasteiger partial charge in [0, 0.05) is 6.04 Å². The largest absolute Gasteiger partial charge is 0.464 e. The number of aryl methyl sites for hydroxylation is 1. The second-order valence-electron chi connectivity index (χ2n) is 5.10. The fourth-order valence-corrected chi connectivity index (χ4v) is 2.16. The zero-order valence-electron chi connectivity index (χ0n) is 11.2. The first-order chi connectivity index (χ1) is 8.61. The van der Waals surface area contributed by atoms with Gasteiger partial charge in [-0.25, -0.2) is 0 Å². The first kappa shape index (κ1) is 13.1. The summed E-state index contributed by atoms with van der Waals surface area (Å²) in [4.78, 5) is 14.2. The number of carbonyl (C=O) groups is 1. The Morgan fingerprint density at radius 1 is 1.56 bits per heavy atom. The van der Waals surface area contributed by atoms with Gasteiger partial charge in [-0.3, -0.25) is 4.79 Å². The number of hydrogen-bond donors (Lipinski definition) is 1. The molecule has 4 heteroatoms. The van der Waals surface area contributed by atoms with Gasteiger partial charge in [0.2, 0.25) is 5.91 Å². The van der Waals surface area contributed by atoms with Crippen LogP contribution in [0.5, 0.6) is 0 Å². The minimum absolute atomic E-state index is 0.0633. The van der Waals surface area contributed by atoms with Crippen LogP contribution in [-0.2, 0) is 11.3 Å². The zero-order chi connectivity index (χ0) is 13.1. The molecule has 0 aromatic carbocycles. The van der Waals surface area contributed by atoms with Crippen molar-refractivity contribution in [2.75, 3.05) is 0 Å². The van der Waals surface area contributed by atoms with E-state index in [1.165, 1.54) is 0 Å². The van der Waals surface area contributed by atoms with Crippen LogP contribution in [0.3, 0.4) is 0 Å². The third-order valence-corrected chi connectivity index (χ3v) is 3.31. The van der Waals surface area contributed by atoms with Gasteiger partial charge in [-0.15, -0.1) is 0 Å². The molecule has 0 aliphatic heterocycles. The number of carbonyl (C=O) groups excluding carboxylic acids is 1. The van der Waals surface area contributed by atoms with Crippen molar-refractivity contribution in [1.29, 1.82) is 0 Å². The average Bonchev–Trinajstić information content (AvgIpc) is 3.09. The van der Waals surface area contributed by atoms with Gasteiger partial charge in [-0.1, -0.05) is 13.3 Å². The van der Waals surface area contributed by atoms with Gasteiger partial charge in [0.1, 0.15) is 11.5 Å². The van der Waals surface area contributed by atoms with E-state index in [1.807, 2.05) is 30.9 Å². The van der Waals surface area contributed by atoms with E-state index in [9.17, 15) is 4.79 Å². The highest BCUT2D eigenvalue weighted by Crippen LogP contribution is 2.29. The topological polar surface area (TPSA) is 59.5 Å². The molecule has 1 heterocycles. The van der Waals surface area contributed by atoms with Crippen LogP contribution in [0, 0.1) is 6.92 Å². The molecule has 0 radical (unpaired) electrons. The summed E-state index contributed by atoms with van der Waals surface area (Å²) >= 11 is 0. The van der Waals surface area contributed by atoms with Crippen molar-refractivity contribution >= 4 is 5.91 Å². The third-order valence-electron chi connectivity index (χ3n) is 3.31. The smallest absolute Gasteiger partial charge is 0.240 e. The molecule has 2 N–H and O–H groups in total. The molecule has 1 saturated carbocycles. The van der Waals surface area contributed by atoms with Crippen LogP contribution >= 0.6 is 0 Å². The Morgan fingerprint density at radius 2 is 2.28 bits per heavy atom. The summed E-state index contributed by atoms with van der Waals surface area (Å²) in [5.74, 6) is 1.79. The Balaban J connectivity index is 2.01. The van der Waals surface area contributed by atoms with Gasteiger partial charge in [-0.05, 0) is 38.3 Å². The summed E-state index contributed by atoms with van der Waals surface area (Å²) in [6, 6.07) is 3.86. The molecule has 1 fully saturated rings. The molecular weight excluding hydrogens is 228 g/mol. The highest BCUT2D eigenvalue weighted by atomic mass is 16.3. The van der Waals surface area contributed by atoms with Gasteiger partial charge in [0.25, 0.3) is 0 Å². The first-order valence-electron chi connectivity index (χ1n) is 6.73. The molecule has 18 heavy (non-hydrogen) atoms. The SMILES string of the molecule is CCC[C@@H](N)C(=O)N(Cc1ccc(C)o1)C1CC1. The highest BCUT2D eigenvalue weighted by Gasteiger charge is 2.34. The number of furan rings is 1. The molecule has 1 amide bonds. The Bertz CT molecular complexity index is 410. The standard InChI is InChI=1S/C14H22N2O2/c1-3-4-13(15)14(17)16(11-6-7-11)9-12-8-5-10(2)18-12/h5,8,11,13H,3-4,6-7,9,15H2,1-2H3/t13-/m1/s1. The maximum Gasteiger partial charge on any atom is 0.240 e. The molecule has 4 nitrogen and oxygen atoms in total. The van der Waals surface area contributed by atoms with Gasteiger partial charge < -0.3 is 15.1 Å². The predicted molar refractivity (Wildman–Crippen MR) is 69.9 cm³/mol. The Morgan fingerprint density at radius 3 is 2.78 bits per heavy atom. The molecule has 2 rings (SSSR count). The highest BCUT2D eigenvalue weighted by molar-refractivity contribution is 5.82. The van der Waals surface area contributed by atoms with E-state index in [0.29, 0.717) is 12.6 Å². The van der Waals surface area contributed by atoms with Crippen LogP contribution in [0.25, 0.3) is 0 Å². The fraction of sp³-hybridized carbons (Fsp3) is 0.643. The number of nitrogens with zero attached hydrogens (tertiary/aromatic N) is 1. The average molecular weight is 250 g/mol. The van der Waals surface area contributed by atoms with E-state index in [0.717, 1.165) is 37.2 Å². The van der Waals surface area contributed by atoms with E-state index in [-0.39, 0.29) is 11.9 Å². The van der Waals surface area contributed by atoms with Crippen LogP contribution < -0.4 is 5.73 Å². The summed E-state index contributed by atoms with van der Waals surface area (Å²) in [6.45, 7) is 4.51. The van der Waals surface area contributed by atoms with Crippen molar-refractivity contribution in [2.45, 2.75) is 58.2 Å². The first-order valence-corrected chi connectivity index (χ1v) is 6.73. The second-order valence-corrected chi connectivity index (χ2v) is 5.10. The Kier molecular flexibility index (Phi) is 4.07. The van der Waals surface area contributed by atoms with Crippen LogP contribution in [0.2, 0.25) is 0 Å². The van der Waals surface area contributed by atoms with Gasteiger partial charge in [0.15, 0.2) is 0 Å². The minimum atomic E-state index is -0.369. The number of nitrogens with two attached hydrogens (primary N) is 1. The molecule has 100 valence electrons. The molecule has 0 bridgehead atoms. The van der Waals surface area contributed by atoms with Crippen molar-refractivity contribution < 1.29 is 9.21 Å². The monoisotopic (exact) mass is 250 g/mol. The number of hydrogen-bond acceptors (Lipinski definition) is 3. The summed E-state index contributed by atoms with van der Waals surface area (Å²) in [7, 11) is 0. The predicted octanol–water partition coefficient (Wildman–Crippen LogP) is 2.21. The molecule has 1 aromatic rings. The normalized spacial score (nSPS) is 16.6. The lowest BCUT2D eigenvalue weighted by Crippen LogP contribution is -2.44. The lowest BCUT2D eigenvalue weighted by atomic mass is 10.1. The van der Waals surface area contributed by atoms with Crippen molar-refractivity contribution in [2.24, 2.45) is 5.73 Å². The van der Waals surface area contributed by atoms with E-state index in [2.05, 4.69) is 0 Å². The second kappa shape index (κ2) is 5.57. The van der Waals surface area contributed by atoms with Crippen molar-refractivity contribution in [1.82, 2.24) is 4.90 Å². The number of rotatable bonds is 6. The lowest BCUT2D eigenvalue weighted by molar-refractivity contribution is -0.134. The summed E-state index contributed by atoms with van der Waals surface area (Å²) < 4.78 is 5.55. The van der Waals surface area contributed by atoms with E-state index < -0.39 is 0 Å². The Hall–Kier alpha value is -1.29. The van der Waals surface area contributed by atoms with Gasteiger partial charge in [-0.2, -0.15) is 0 Å². The fourth-order valence-electron chi connectivity index (χ4n) is 2.16. The van der Waals surface area contributed by atoms with E-state index in [1.54, 1.807) is 0 Å². The molecule has 1 atom stereocenters. The molecular formula is C14H22N2O2. The minimum Gasteiger partial charge on any atom is -0.464 e. The molecule has 0 unspecified atom stereocenters. The van der Waals surface area contributed by atoms with Crippen molar-refractivity contribution in [3.8, 4) is 0 Å². The van der Waals surface area contributed by atoms with Crippen LogP contribution in [0.1, 0.15) is 44.1 Å². The summed E-state index contributed by atoms with van der Waals surface area (Å²) in [5, 5.41) is 0. The number of amides is 1. The lowest BCUT2D eigenvalue weighted by Gasteiger charge is -2.24. The van der Waals surface area contributed by atoms with Crippen LogP contribution in [-0.4, -0.2) is 22.9 Å². The van der Waals surface area contributed by atoms with Crippen LogP contribution in [0.4, 0.5) is 0 Å².